The molecule has 10 heteroatoms. The molecule has 0 bridgehead atoms. The molecule has 1 aromatic carbocycles. The summed E-state index contributed by atoms with van der Waals surface area (Å²) in [4.78, 5) is 24.6. The van der Waals surface area contributed by atoms with Gasteiger partial charge >= 0.3 is 0 Å². The van der Waals surface area contributed by atoms with Crippen LogP contribution >= 0.6 is 23.1 Å². The minimum Gasteiger partial charge on any atom is -0.357 e. The van der Waals surface area contributed by atoms with Crippen molar-refractivity contribution in [2.75, 3.05) is 22.5 Å². The summed E-state index contributed by atoms with van der Waals surface area (Å²) < 4.78 is 0.764. The number of benzene rings is 1. The molecule has 0 atom stereocenters. The van der Waals surface area contributed by atoms with Crippen LogP contribution in [0.3, 0.4) is 0 Å². The van der Waals surface area contributed by atoms with Crippen LogP contribution in [0.25, 0.3) is 0 Å². The van der Waals surface area contributed by atoms with Gasteiger partial charge in [-0.3, -0.25) is 14.9 Å². The van der Waals surface area contributed by atoms with Crippen molar-refractivity contribution in [3.8, 4) is 0 Å². The zero-order chi connectivity index (χ0) is 17.4. The lowest BCUT2D eigenvalue weighted by Gasteiger charge is -2.16. The van der Waals surface area contributed by atoms with Crippen molar-refractivity contribution in [2.24, 2.45) is 0 Å². The van der Waals surface area contributed by atoms with E-state index in [1.807, 2.05) is 0 Å². The molecule has 1 aliphatic carbocycles. The number of nitro benzene ring substituents is 1. The Morgan fingerprint density at radius 1 is 1.44 bits per heavy atom. The van der Waals surface area contributed by atoms with Crippen LogP contribution in [-0.4, -0.2) is 39.4 Å². The number of hydrogen-bond acceptors (Lipinski definition) is 8. The fourth-order valence-corrected chi connectivity index (χ4v) is 4.40. The Hall–Kier alpha value is -2.20. The van der Waals surface area contributed by atoms with E-state index in [4.69, 9.17) is 0 Å². The van der Waals surface area contributed by atoms with Gasteiger partial charge in [0.05, 0.1) is 10.7 Å². The molecule has 130 valence electrons. The largest absolute Gasteiger partial charge is 0.357 e. The molecule has 4 rings (SSSR count). The molecule has 0 spiro atoms. The van der Waals surface area contributed by atoms with Crippen LogP contribution in [0.15, 0.2) is 22.5 Å². The fourth-order valence-electron chi connectivity index (χ4n) is 2.69. The quantitative estimate of drug-likeness (QED) is 0.469. The highest BCUT2D eigenvalue weighted by molar-refractivity contribution is 8.01. The van der Waals surface area contributed by atoms with Gasteiger partial charge in [0.1, 0.15) is 0 Å². The summed E-state index contributed by atoms with van der Waals surface area (Å²) in [5, 5.41) is 23.1. The van der Waals surface area contributed by atoms with Crippen molar-refractivity contribution in [2.45, 2.75) is 29.6 Å². The van der Waals surface area contributed by atoms with Crippen LogP contribution in [0, 0.1) is 10.1 Å². The Balaban J connectivity index is 1.37. The van der Waals surface area contributed by atoms with Crippen molar-refractivity contribution in [3.63, 3.8) is 0 Å². The second-order valence-corrected chi connectivity index (χ2v) is 8.15. The molecule has 1 aromatic heterocycles. The summed E-state index contributed by atoms with van der Waals surface area (Å²) in [6, 6.07) is 5.18. The minimum atomic E-state index is -0.413. The van der Waals surface area contributed by atoms with E-state index in [9.17, 15) is 14.9 Å². The van der Waals surface area contributed by atoms with Gasteiger partial charge in [0.2, 0.25) is 11.0 Å². The Labute approximate surface area is 151 Å². The molecule has 0 unspecified atom stereocenters. The average Bonchev–Trinajstić information content (AvgIpc) is 3.14. The Bertz CT molecular complexity index is 836. The third kappa shape index (κ3) is 3.59. The molecule has 2 heterocycles. The maximum atomic E-state index is 12.5. The number of anilines is 2. The molecule has 8 nitrogen and oxygen atoms in total. The van der Waals surface area contributed by atoms with Gasteiger partial charge in [0.15, 0.2) is 4.34 Å². The third-order valence-electron chi connectivity index (χ3n) is 4.10. The molecule has 1 amide bonds. The van der Waals surface area contributed by atoms with Crippen molar-refractivity contribution >= 4 is 45.5 Å². The third-order valence-corrected chi connectivity index (χ3v) is 6.07. The van der Waals surface area contributed by atoms with Crippen molar-refractivity contribution < 1.29 is 9.72 Å². The molecule has 2 aliphatic rings. The van der Waals surface area contributed by atoms with E-state index in [-0.39, 0.29) is 17.3 Å². The standard InChI is InChI=1S/C15H15N5O3S2/c21-13(8-24-15-18-17-14(25-15)16-10-1-2-10)19-6-5-9-7-11(20(22)23)3-4-12(9)19/h3-4,7,10H,1-2,5-6,8H2,(H,16,17). The lowest BCUT2D eigenvalue weighted by molar-refractivity contribution is -0.384. The van der Waals surface area contributed by atoms with Gasteiger partial charge in [-0.2, -0.15) is 0 Å². The number of rotatable bonds is 6. The number of amides is 1. The van der Waals surface area contributed by atoms with E-state index in [0.717, 1.165) is 20.7 Å². The second kappa shape index (κ2) is 6.60. The highest BCUT2D eigenvalue weighted by Crippen LogP contribution is 2.33. The summed E-state index contributed by atoms with van der Waals surface area (Å²) in [6.45, 7) is 0.556. The average molecular weight is 377 g/mol. The van der Waals surface area contributed by atoms with E-state index >= 15 is 0 Å². The summed E-state index contributed by atoms with van der Waals surface area (Å²) in [6.07, 6.45) is 2.99. The van der Waals surface area contributed by atoms with E-state index in [1.165, 1.54) is 42.0 Å². The zero-order valence-corrected chi connectivity index (χ0v) is 14.8. The van der Waals surface area contributed by atoms with E-state index in [1.54, 1.807) is 17.0 Å². The first kappa shape index (κ1) is 16.3. The highest BCUT2D eigenvalue weighted by Gasteiger charge is 2.27. The molecular weight excluding hydrogens is 362 g/mol. The van der Waals surface area contributed by atoms with Gasteiger partial charge in [-0.1, -0.05) is 23.1 Å². The van der Waals surface area contributed by atoms with Crippen LogP contribution in [0.4, 0.5) is 16.5 Å². The number of hydrogen-bond donors (Lipinski definition) is 1. The van der Waals surface area contributed by atoms with E-state index < -0.39 is 4.92 Å². The summed E-state index contributed by atoms with van der Waals surface area (Å²) in [7, 11) is 0. The van der Waals surface area contributed by atoms with Gasteiger partial charge in [-0.25, -0.2) is 0 Å². The molecule has 25 heavy (non-hydrogen) atoms. The molecule has 1 N–H and O–H groups in total. The summed E-state index contributed by atoms with van der Waals surface area (Å²) in [5.74, 6) is 0.249. The first-order chi connectivity index (χ1) is 12.1. The van der Waals surface area contributed by atoms with Crippen LogP contribution in [0.1, 0.15) is 18.4 Å². The molecule has 1 aliphatic heterocycles. The molecule has 2 aromatic rings. The van der Waals surface area contributed by atoms with E-state index in [0.29, 0.717) is 19.0 Å². The Morgan fingerprint density at radius 2 is 2.28 bits per heavy atom. The van der Waals surface area contributed by atoms with Crippen LogP contribution < -0.4 is 10.2 Å². The lowest BCUT2D eigenvalue weighted by atomic mass is 10.1. The van der Waals surface area contributed by atoms with Gasteiger partial charge in [0, 0.05) is 30.4 Å². The number of thioether (sulfide) groups is 1. The first-order valence-electron chi connectivity index (χ1n) is 7.90. The number of nitro groups is 1. The number of nitrogens with one attached hydrogen (secondary N) is 1. The van der Waals surface area contributed by atoms with Gasteiger partial charge in [-0.15, -0.1) is 10.2 Å². The Kier molecular flexibility index (Phi) is 4.30. The van der Waals surface area contributed by atoms with Crippen LogP contribution in [0.2, 0.25) is 0 Å². The minimum absolute atomic E-state index is 0.0236. The predicted molar refractivity (Wildman–Crippen MR) is 96.4 cm³/mol. The second-order valence-electron chi connectivity index (χ2n) is 5.95. The van der Waals surface area contributed by atoms with Gasteiger partial charge in [0.25, 0.3) is 5.69 Å². The van der Waals surface area contributed by atoms with Gasteiger partial charge < -0.3 is 10.2 Å². The molecule has 0 saturated heterocycles. The topological polar surface area (TPSA) is 101 Å². The normalized spacial score (nSPS) is 15.9. The lowest BCUT2D eigenvalue weighted by Crippen LogP contribution is -2.30. The molecular formula is C15H15N5O3S2. The smallest absolute Gasteiger partial charge is 0.269 e. The highest BCUT2D eigenvalue weighted by atomic mass is 32.2. The molecule has 0 radical (unpaired) electrons. The molecule has 1 fully saturated rings. The number of carbonyl (C=O) groups excluding carboxylic acids is 1. The number of carbonyl (C=O) groups is 1. The number of non-ortho nitro benzene ring substituents is 1. The van der Waals surface area contributed by atoms with Crippen molar-refractivity contribution in [1.29, 1.82) is 0 Å². The summed E-state index contributed by atoms with van der Waals surface area (Å²) >= 11 is 2.83. The summed E-state index contributed by atoms with van der Waals surface area (Å²) in [5.41, 5.74) is 1.68. The number of aromatic nitrogens is 2. The predicted octanol–water partition coefficient (Wildman–Crippen LogP) is 2.70. The maximum Gasteiger partial charge on any atom is 0.269 e. The van der Waals surface area contributed by atoms with Crippen LogP contribution in [-0.2, 0) is 11.2 Å². The number of nitrogens with zero attached hydrogens (tertiary/aromatic N) is 4. The zero-order valence-electron chi connectivity index (χ0n) is 13.2. The Morgan fingerprint density at radius 3 is 3.04 bits per heavy atom. The number of fused-ring (bicyclic) bond motifs is 1. The maximum absolute atomic E-state index is 12.5. The fraction of sp³-hybridized carbons (Fsp3) is 0.400. The molecule has 1 saturated carbocycles. The van der Waals surface area contributed by atoms with Crippen LogP contribution in [0.5, 0.6) is 0 Å². The SMILES string of the molecule is O=C(CSc1nnc(NC2CC2)s1)N1CCc2cc([N+](=O)[O-])ccc21. The van der Waals surface area contributed by atoms with Crippen molar-refractivity contribution in [3.05, 3.63) is 33.9 Å². The van der Waals surface area contributed by atoms with Gasteiger partial charge in [-0.05, 0) is 30.9 Å². The monoisotopic (exact) mass is 377 g/mol. The van der Waals surface area contributed by atoms with Crippen molar-refractivity contribution in [1.82, 2.24) is 10.2 Å². The van der Waals surface area contributed by atoms with E-state index in [2.05, 4.69) is 15.5 Å². The first-order valence-corrected chi connectivity index (χ1v) is 9.71.